The molecule has 0 N–H and O–H groups in total. The van der Waals surface area contributed by atoms with Crippen LogP contribution in [0, 0.1) is 0 Å². The number of hydrogen-bond donors (Lipinski definition) is 0. The van der Waals surface area contributed by atoms with Crippen LogP contribution in [0.2, 0.25) is 0 Å². The molecule has 1 atom stereocenters. The second-order valence-corrected chi connectivity index (χ2v) is 4.62. The average molecular weight is 213 g/mol. The lowest BCUT2D eigenvalue weighted by Gasteiger charge is -2.27. The number of hydrogen-bond acceptors (Lipinski definition) is 2. The Morgan fingerprint density at radius 3 is 2.60 bits per heavy atom. The molecule has 88 valence electrons. The maximum Gasteiger partial charge on any atom is 0.410 e. The molecule has 0 bridgehead atoms. The van der Waals surface area contributed by atoms with E-state index < -0.39 is 5.60 Å². The minimum Gasteiger partial charge on any atom is -0.444 e. The number of ether oxygens (including phenoxy) is 1. The maximum absolute atomic E-state index is 11.7. The normalized spacial score (nSPS) is 20.7. The van der Waals surface area contributed by atoms with Crippen LogP contribution in [-0.4, -0.2) is 29.2 Å². The molecular weight excluding hydrogens is 190 g/mol. The number of carbonyl (C=O) groups is 1. The molecular formula is C12H23NO2. The van der Waals surface area contributed by atoms with Gasteiger partial charge in [-0.15, -0.1) is 6.58 Å². The lowest BCUT2D eigenvalue weighted by molar-refractivity contribution is 0.0256. The third-order valence-corrected chi connectivity index (χ3v) is 2.20. The average Bonchev–Trinajstić information content (AvgIpc) is 2.47. The van der Waals surface area contributed by atoms with Gasteiger partial charge in [0.2, 0.25) is 0 Å². The summed E-state index contributed by atoms with van der Waals surface area (Å²) in [5.74, 6) is 0. The van der Waals surface area contributed by atoms with Gasteiger partial charge in [-0.05, 0) is 33.6 Å². The van der Waals surface area contributed by atoms with Crippen molar-refractivity contribution in [3.05, 3.63) is 12.7 Å². The quantitative estimate of drug-likeness (QED) is 0.626. The first kappa shape index (κ1) is 14.0. The lowest BCUT2D eigenvalue weighted by Crippen LogP contribution is -2.38. The fraction of sp³-hybridized carbons (Fsp3) is 0.750. The summed E-state index contributed by atoms with van der Waals surface area (Å²) in [6, 6.07) is 0.157. The van der Waals surface area contributed by atoms with Crippen LogP contribution in [0.3, 0.4) is 0 Å². The van der Waals surface area contributed by atoms with Crippen molar-refractivity contribution in [2.75, 3.05) is 6.54 Å². The van der Waals surface area contributed by atoms with Crippen LogP contribution in [0.4, 0.5) is 4.79 Å². The fourth-order valence-corrected chi connectivity index (χ4v) is 1.58. The Bertz CT molecular complexity index is 230. The lowest BCUT2D eigenvalue weighted by atomic mass is 10.2. The molecule has 0 aromatic carbocycles. The highest BCUT2D eigenvalue weighted by Crippen LogP contribution is 2.20. The Labute approximate surface area is 93.1 Å². The summed E-state index contributed by atoms with van der Waals surface area (Å²) in [4.78, 5) is 13.4. The van der Waals surface area contributed by atoms with E-state index in [9.17, 15) is 4.79 Å². The highest BCUT2D eigenvalue weighted by Gasteiger charge is 2.30. The zero-order valence-corrected chi connectivity index (χ0v) is 9.25. The summed E-state index contributed by atoms with van der Waals surface area (Å²) in [6.45, 7) is 10.1. The monoisotopic (exact) mass is 213 g/mol. The van der Waals surface area contributed by atoms with Crippen molar-refractivity contribution in [2.24, 2.45) is 0 Å². The maximum atomic E-state index is 11.7. The summed E-state index contributed by atoms with van der Waals surface area (Å²) < 4.78 is 5.29. The van der Waals surface area contributed by atoms with Gasteiger partial charge >= 0.3 is 6.09 Å². The molecule has 0 spiro atoms. The SMILES string of the molecule is C.C=CC1CCCN1C(=O)OC(C)(C)C. The van der Waals surface area contributed by atoms with Crippen LogP contribution in [0.15, 0.2) is 12.7 Å². The molecule has 0 aliphatic carbocycles. The van der Waals surface area contributed by atoms with Gasteiger partial charge in [0.1, 0.15) is 5.60 Å². The first-order chi connectivity index (χ1) is 6.44. The van der Waals surface area contributed by atoms with Crippen LogP contribution < -0.4 is 0 Å². The van der Waals surface area contributed by atoms with Gasteiger partial charge in [-0.1, -0.05) is 13.5 Å². The van der Waals surface area contributed by atoms with Gasteiger partial charge in [0.25, 0.3) is 0 Å². The largest absolute Gasteiger partial charge is 0.444 e. The number of likely N-dealkylation sites (tertiary alicyclic amines) is 1. The number of rotatable bonds is 1. The van der Waals surface area contributed by atoms with Crippen molar-refractivity contribution in [2.45, 2.75) is 52.7 Å². The van der Waals surface area contributed by atoms with E-state index in [0.29, 0.717) is 0 Å². The molecule has 1 unspecified atom stereocenters. The summed E-state index contributed by atoms with van der Waals surface area (Å²) in [5.41, 5.74) is -0.411. The van der Waals surface area contributed by atoms with Crippen LogP contribution >= 0.6 is 0 Å². The molecule has 1 rings (SSSR count). The van der Waals surface area contributed by atoms with Gasteiger partial charge in [0.15, 0.2) is 0 Å². The fourth-order valence-electron chi connectivity index (χ4n) is 1.58. The zero-order valence-electron chi connectivity index (χ0n) is 9.25. The van der Waals surface area contributed by atoms with Crippen molar-refractivity contribution in [3.8, 4) is 0 Å². The molecule has 0 aromatic heterocycles. The van der Waals surface area contributed by atoms with Crippen molar-refractivity contribution < 1.29 is 9.53 Å². The minimum absolute atomic E-state index is 0. The van der Waals surface area contributed by atoms with Crippen LogP contribution in [0.5, 0.6) is 0 Å². The van der Waals surface area contributed by atoms with Crippen molar-refractivity contribution in [1.29, 1.82) is 0 Å². The van der Waals surface area contributed by atoms with Crippen LogP contribution in [-0.2, 0) is 4.74 Å². The smallest absolute Gasteiger partial charge is 0.410 e. The minimum atomic E-state index is -0.411. The van der Waals surface area contributed by atoms with Crippen molar-refractivity contribution in [1.82, 2.24) is 4.90 Å². The van der Waals surface area contributed by atoms with Crippen molar-refractivity contribution in [3.63, 3.8) is 0 Å². The number of carbonyl (C=O) groups excluding carboxylic acids is 1. The standard InChI is InChI=1S/C11H19NO2.CH4/c1-5-9-7-6-8-12(9)10(13)14-11(2,3)4;/h5,9H,1,6-8H2,2-4H3;1H4. The van der Waals surface area contributed by atoms with E-state index in [4.69, 9.17) is 4.74 Å². The number of nitrogens with zero attached hydrogens (tertiary/aromatic N) is 1. The molecule has 3 nitrogen and oxygen atoms in total. The third kappa shape index (κ3) is 3.94. The zero-order chi connectivity index (χ0) is 10.8. The predicted molar refractivity (Wildman–Crippen MR) is 62.9 cm³/mol. The van der Waals surface area contributed by atoms with E-state index in [0.717, 1.165) is 19.4 Å². The molecule has 1 fully saturated rings. The van der Waals surface area contributed by atoms with E-state index in [1.807, 2.05) is 26.8 Å². The second kappa shape index (κ2) is 5.19. The van der Waals surface area contributed by atoms with E-state index in [2.05, 4.69) is 6.58 Å². The molecule has 15 heavy (non-hydrogen) atoms. The van der Waals surface area contributed by atoms with Gasteiger partial charge in [-0.2, -0.15) is 0 Å². The van der Waals surface area contributed by atoms with E-state index >= 15 is 0 Å². The second-order valence-electron chi connectivity index (χ2n) is 4.62. The summed E-state index contributed by atoms with van der Waals surface area (Å²) in [5, 5.41) is 0. The first-order valence-electron chi connectivity index (χ1n) is 5.06. The van der Waals surface area contributed by atoms with E-state index in [1.165, 1.54) is 0 Å². The third-order valence-electron chi connectivity index (χ3n) is 2.20. The first-order valence-corrected chi connectivity index (χ1v) is 5.06. The van der Waals surface area contributed by atoms with Crippen LogP contribution in [0.25, 0.3) is 0 Å². The molecule has 1 amide bonds. The Kier molecular flexibility index (Phi) is 4.85. The molecule has 1 aliphatic heterocycles. The molecule has 1 heterocycles. The van der Waals surface area contributed by atoms with Gasteiger partial charge in [-0.3, -0.25) is 0 Å². The van der Waals surface area contributed by atoms with Gasteiger partial charge in [-0.25, -0.2) is 4.79 Å². The Balaban J connectivity index is 0.00000196. The topological polar surface area (TPSA) is 29.5 Å². The Morgan fingerprint density at radius 1 is 1.53 bits per heavy atom. The van der Waals surface area contributed by atoms with Crippen molar-refractivity contribution >= 4 is 6.09 Å². The molecule has 1 aliphatic rings. The van der Waals surface area contributed by atoms with Gasteiger partial charge < -0.3 is 9.64 Å². The van der Waals surface area contributed by atoms with E-state index in [-0.39, 0.29) is 19.6 Å². The highest BCUT2D eigenvalue weighted by molar-refractivity contribution is 5.69. The molecule has 1 saturated heterocycles. The molecule has 0 radical (unpaired) electrons. The Morgan fingerprint density at radius 2 is 2.13 bits per heavy atom. The predicted octanol–water partition coefficient (Wildman–Crippen LogP) is 3.21. The summed E-state index contributed by atoms with van der Waals surface area (Å²) in [7, 11) is 0. The van der Waals surface area contributed by atoms with Gasteiger partial charge in [0.05, 0.1) is 6.04 Å². The number of amides is 1. The Hall–Kier alpha value is -0.990. The molecule has 0 saturated carbocycles. The molecule has 0 aromatic rings. The van der Waals surface area contributed by atoms with Gasteiger partial charge in [0, 0.05) is 6.54 Å². The van der Waals surface area contributed by atoms with E-state index in [1.54, 1.807) is 4.90 Å². The highest BCUT2D eigenvalue weighted by atomic mass is 16.6. The summed E-state index contributed by atoms with van der Waals surface area (Å²) in [6.07, 6.45) is 3.63. The van der Waals surface area contributed by atoms with Crippen LogP contribution in [0.1, 0.15) is 41.0 Å². The molecule has 3 heteroatoms. The summed E-state index contributed by atoms with van der Waals surface area (Å²) >= 11 is 0.